The molecule has 0 fully saturated rings. The Balaban J connectivity index is 3.58. The Labute approximate surface area is 418 Å². The van der Waals surface area contributed by atoms with Gasteiger partial charge >= 0.3 is 13.8 Å². The SMILES string of the molecule is CC/C=C\C/C=C\C/C=C\C/C=C\C/C=C\C/C=C\CCCCCCC(=O)OCC(O)COP(=O)(O)OCCNC(=O)CCCCCCCCCCCCCCCCCCCCCCCCCC. The van der Waals surface area contributed by atoms with Crippen molar-refractivity contribution in [2.75, 3.05) is 26.4 Å². The fraction of sp³-hybridized carbons (Fsp3) is 0.759. The molecular weight excluding hydrogens is 870 g/mol. The minimum Gasteiger partial charge on any atom is -0.463 e. The second-order valence-corrected chi connectivity index (χ2v) is 20.0. The molecule has 0 aliphatic carbocycles. The van der Waals surface area contributed by atoms with E-state index in [9.17, 15) is 24.2 Å². The molecule has 0 heterocycles. The molecule has 68 heavy (non-hydrogen) atoms. The van der Waals surface area contributed by atoms with Crippen molar-refractivity contribution in [3.05, 3.63) is 72.9 Å². The van der Waals surface area contributed by atoms with Gasteiger partial charge in [0.2, 0.25) is 5.91 Å². The van der Waals surface area contributed by atoms with Crippen LogP contribution in [0.15, 0.2) is 72.9 Å². The molecule has 9 nitrogen and oxygen atoms in total. The number of allylic oxidation sites excluding steroid dienone is 12. The number of unbranched alkanes of at least 4 members (excludes halogenated alkanes) is 27. The minimum absolute atomic E-state index is 0.0782. The van der Waals surface area contributed by atoms with Crippen molar-refractivity contribution in [3.8, 4) is 0 Å². The number of esters is 1. The molecule has 0 aromatic rings. The molecule has 0 aromatic carbocycles. The largest absolute Gasteiger partial charge is 0.472 e. The zero-order valence-corrected chi connectivity index (χ0v) is 44.7. The Morgan fingerprint density at radius 1 is 0.471 bits per heavy atom. The maximum Gasteiger partial charge on any atom is 0.472 e. The maximum absolute atomic E-state index is 12.2. The van der Waals surface area contributed by atoms with Gasteiger partial charge < -0.3 is 20.1 Å². The Kier molecular flexibility index (Phi) is 51.8. The first-order valence-corrected chi connectivity index (χ1v) is 29.4. The van der Waals surface area contributed by atoms with Crippen LogP contribution in [0.2, 0.25) is 0 Å². The summed E-state index contributed by atoms with van der Waals surface area (Å²) in [6, 6.07) is 0. The molecule has 0 aromatic heterocycles. The number of amides is 1. The second-order valence-electron chi connectivity index (χ2n) is 18.5. The molecule has 0 bridgehead atoms. The summed E-state index contributed by atoms with van der Waals surface area (Å²) >= 11 is 0. The topological polar surface area (TPSA) is 131 Å². The van der Waals surface area contributed by atoms with Gasteiger partial charge in [-0.1, -0.05) is 247 Å². The smallest absolute Gasteiger partial charge is 0.463 e. The predicted octanol–water partition coefficient (Wildman–Crippen LogP) is 17.0. The number of phosphoric ester groups is 1. The van der Waals surface area contributed by atoms with E-state index in [2.05, 4.69) is 92.1 Å². The summed E-state index contributed by atoms with van der Waals surface area (Å²) < 4.78 is 27.0. The number of hydrogen-bond acceptors (Lipinski definition) is 7. The molecule has 1 amide bonds. The van der Waals surface area contributed by atoms with Crippen molar-refractivity contribution in [2.24, 2.45) is 0 Å². The van der Waals surface area contributed by atoms with Gasteiger partial charge in [0, 0.05) is 19.4 Å². The van der Waals surface area contributed by atoms with Crippen molar-refractivity contribution in [1.29, 1.82) is 0 Å². The molecule has 0 radical (unpaired) electrons. The first-order valence-electron chi connectivity index (χ1n) is 27.9. The number of carbonyl (C=O) groups excluding carboxylic acids is 2. The summed E-state index contributed by atoms with van der Waals surface area (Å²) in [5, 5.41) is 12.8. The van der Waals surface area contributed by atoms with Gasteiger partial charge in [-0.05, 0) is 64.2 Å². The van der Waals surface area contributed by atoms with Crippen LogP contribution in [0.4, 0.5) is 0 Å². The third-order valence-corrected chi connectivity index (χ3v) is 12.9. The average Bonchev–Trinajstić information content (AvgIpc) is 3.33. The van der Waals surface area contributed by atoms with Crippen LogP contribution in [-0.2, 0) is 27.9 Å². The normalized spacial score (nSPS) is 13.6. The second kappa shape index (κ2) is 53.8. The van der Waals surface area contributed by atoms with E-state index in [-0.39, 0.29) is 32.1 Å². The zero-order valence-electron chi connectivity index (χ0n) is 43.8. The molecule has 0 spiro atoms. The highest BCUT2D eigenvalue weighted by Crippen LogP contribution is 2.42. The molecule has 10 heteroatoms. The number of aliphatic hydroxyl groups excluding tert-OH is 1. The third-order valence-electron chi connectivity index (χ3n) is 11.9. The highest BCUT2D eigenvalue weighted by molar-refractivity contribution is 7.47. The van der Waals surface area contributed by atoms with E-state index < -0.39 is 26.5 Å². The Morgan fingerprint density at radius 3 is 1.26 bits per heavy atom. The fourth-order valence-corrected chi connectivity index (χ4v) is 8.50. The summed E-state index contributed by atoms with van der Waals surface area (Å²) in [7, 11) is -4.43. The lowest BCUT2D eigenvalue weighted by molar-refractivity contribution is -0.147. The molecule has 0 aliphatic heterocycles. The quantitative estimate of drug-likeness (QED) is 0.0238. The lowest BCUT2D eigenvalue weighted by Gasteiger charge is -2.15. The molecular formula is C58H104NO8P. The summed E-state index contributed by atoms with van der Waals surface area (Å²) in [5.74, 6) is -0.537. The lowest BCUT2D eigenvalue weighted by atomic mass is 10.0. The highest BCUT2D eigenvalue weighted by atomic mass is 31.2. The van der Waals surface area contributed by atoms with E-state index in [1.165, 1.54) is 135 Å². The molecule has 0 aliphatic rings. The first kappa shape index (κ1) is 65.5. The summed E-state index contributed by atoms with van der Waals surface area (Å²) in [5.41, 5.74) is 0. The van der Waals surface area contributed by atoms with E-state index in [0.29, 0.717) is 12.8 Å². The van der Waals surface area contributed by atoms with Gasteiger partial charge in [0.15, 0.2) is 0 Å². The van der Waals surface area contributed by atoms with Crippen LogP contribution in [0.5, 0.6) is 0 Å². The van der Waals surface area contributed by atoms with Gasteiger partial charge in [-0.2, -0.15) is 0 Å². The van der Waals surface area contributed by atoms with Gasteiger partial charge in [-0.25, -0.2) is 4.57 Å². The summed E-state index contributed by atoms with van der Waals surface area (Å²) in [6.07, 6.45) is 68.5. The number of phosphoric acid groups is 1. The Bertz CT molecular complexity index is 1340. The molecule has 2 atom stereocenters. The molecule has 0 rings (SSSR count). The van der Waals surface area contributed by atoms with Crippen LogP contribution in [0, 0.1) is 0 Å². The van der Waals surface area contributed by atoms with Crippen molar-refractivity contribution < 1.29 is 37.9 Å². The summed E-state index contributed by atoms with van der Waals surface area (Å²) in [4.78, 5) is 34.1. The average molecular weight is 974 g/mol. The minimum atomic E-state index is -4.43. The number of aliphatic hydroxyl groups is 1. The van der Waals surface area contributed by atoms with Gasteiger partial charge in [0.1, 0.15) is 12.7 Å². The van der Waals surface area contributed by atoms with Crippen LogP contribution in [-0.4, -0.2) is 54.3 Å². The van der Waals surface area contributed by atoms with Crippen LogP contribution in [0.3, 0.4) is 0 Å². The number of nitrogens with one attached hydrogen (secondary N) is 1. The maximum atomic E-state index is 12.2. The first-order chi connectivity index (χ1) is 33.3. The van der Waals surface area contributed by atoms with Crippen molar-refractivity contribution in [3.63, 3.8) is 0 Å². The van der Waals surface area contributed by atoms with E-state index in [4.69, 9.17) is 13.8 Å². The van der Waals surface area contributed by atoms with Crippen LogP contribution >= 0.6 is 7.82 Å². The fourth-order valence-electron chi connectivity index (χ4n) is 7.74. The number of ether oxygens (including phenoxy) is 1. The van der Waals surface area contributed by atoms with Gasteiger partial charge in [0.05, 0.1) is 13.2 Å². The van der Waals surface area contributed by atoms with Gasteiger partial charge in [-0.3, -0.25) is 18.6 Å². The Hall–Kier alpha value is -2.55. The third kappa shape index (κ3) is 54.4. The highest BCUT2D eigenvalue weighted by Gasteiger charge is 2.23. The molecule has 0 saturated heterocycles. The van der Waals surface area contributed by atoms with E-state index in [1.54, 1.807) is 0 Å². The van der Waals surface area contributed by atoms with Crippen molar-refractivity contribution in [2.45, 2.75) is 258 Å². The predicted molar refractivity (Wildman–Crippen MR) is 289 cm³/mol. The van der Waals surface area contributed by atoms with Crippen LogP contribution in [0.25, 0.3) is 0 Å². The van der Waals surface area contributed by atoms with Gasteiger partial charge in [0.25, 0.3) is 0 Å². The van der Waals surface area contributed by atoms with E-state index in [0.717, 1.165) is 83.5 Å². The molecule has 394 valence electrons. The molecule has 0 saturated carbocycles. The monoisotopic (exact) mass is 974 g/mol. The number of rotatable bonds is 52. The van der Waals surface area contributed by atoms with Crippen LogP contribution in [0.1, 0.15) is 251 Å². The number of hydrogen-bond donors (Lipinski definition) is 3. The molecule has 3 N–H and O–H groups in total. The molecule has 2 unspecified atom stereocenters. The van der Waals surface area contributed by atoms with Crippen molar-refractivity contribution in [1.82, 2.24) is 5.32 Å². The van der Waals surface area contributed by atoms with Crippen LogP contribution < -0.4 is 5.32 Å². The standard InChI is InChI=1S/C58H104NO8P/c1-3-5-7-9-11-13-15-17-19-21-23-25-27-29-30-32-34-36-38-40-42-44-46-48-50-57(61)59-52-53-66-68(63,64)67-55-56(60)54-65-58(62)51-49-47-45-43-41-39-37-35-33-31-28-26-24-22-20-18-16-14-12-10-8-6-4-2/h6,8,12,14,18,20,24,26,31,33,37,39,56,60H,3-5,7,9-11,13,15-17,19,21-23,25,27-30,32,34-36,38,40-55H2,1-2H3,(H,59,61)(H,63,64)/b8-6-,14-12-,20-18-,26-24-,33-31-,39-37-. The Morgan fingerprint density at radius 2 is 0.838 bits per heavy atom. The van der Waals surface area contributed by atoms with Gasteiger partial charge in [-0.15, -0.1) is 0 Å². The number of carbonyl (C=O) groups is 2. The summed E-state index contributed by atoms with van der Waals surface area (Å²) in [6.45, 7) is 3.45. The van der Waals surface area contributed by atoms with E-state index >= 15 is 0 Å². The lowest BCUT2D eigenvalue weighted by Crippen LogP contribution is -2.27. The zero-order chi connectivity index (χ0) is 49.5. The van der Waals surface area contributed by atoms with Crippen molar-refractivity contribution >= 4 is 19.7 Å². The van der Waals surface area contributed by atoms with E-state index in [1.807, 2.05) is 0 Å².